The molecular weight excluding hydrogens is 360 g/mol. The molecule has 0 amide bonds. The largest absolute Gasteiger partial charge is 0.416 e. The van der Waals surface area contributed by atoms with E-state index in [2.05, 4.69) is 15.2 Å². The topological polar surface area (TPSA) is 43.6 Å². The summed E-state index contributed by atoms with van der Waals surface area (Å²) < 4.78 is 53.9. The summed E-state index contributed by atoms with van der Waals surface area (Å²) in [4.78, 5) is 4.08. The van der Waals surface area contributed by atoms with Crippen molar-refractivity contribution in [3.05, 3.63) is 65.8 Å². The summed E-state index contributed by atoms with van der Waals surface area (Å²) in [5, 5.41) is 7.77. The molecule has 0 aliphatic rings. The number of aromatic nitrogens is 4. The van der Waals surface area contributed by atoms with Gasteiger partial charge in [-0.05, 0) is 36.8 Å². The van der Waals surface area contributed by atoms with Crippen LogP contribution in [0.25, 0.3) is 11.1 Å². The van der Waals surface area contributed by atoms with Crippen LogP contribution < -0.4 is 0 Å². The highest BCUT2D eigenvalue weighted by atomic mass is 35.5. The lowest BCUT2D eigenvalue weighted by atomic mass is 10.0. The number of nitrogens with zero attached hydrogens (tertiary/aromatic N) is 4. The standard InChI is InChI=1S/C16H12F4N4.ClH/c1-10-21-2-3-24(10)9-15-6-12(8-22-23-15)11-4-13(16(18,19)20)7-14(17)5-11;/h2-8H,9H2,1H3;1H. The van der Waals surface area contributed by atoms with Gasteiger partial charge in [-0.25, -0.2) is 9.37 Å². The third-order valence-corrected chi connectivity index (χ3v) is 3.52. The third kappa shape index (κ3) is 4.33. The van der Waals surface area contributed by atoms with Crippen molar-refractivity contribution in [2.45, 2.75) is 19.6 Å². The van der Waals surface area contributed by atoms with E-state index in [-0.39, 0.29) is 18.0 Å². The van der Waals surface area contributed by atoms with Gasteiger partial charge >= 0.3 is 6.18 Å². The van der Waals surface area contributed by atoms with Crippen molar-refractivity contribution < 1.29 is 17.6 Å². The number of imidazole rings is 1. The molecule has 0 aliphatic heterocycles. The van der Waals surface area contributed by atoms with Gasteiger partial charge in [0.2, 0.25) is 0 Å². The van der Waals surface area contributed by atoms with Crippen LogP contribution in [0.5, 0.6) is 0 Å². The van der Waals surface area contributed by atoms with Crippen molar-refractivity contribution in [1.82, 2.24) is 19.7 Å². The van der Waals surface area contributed by atoms with E-state index in [1.165, 1.54) is 6.20 Å². The molecule has 0 atom stereocenters. The van der Waals surface area contributed by atoms with E-state index in [9.17, 15) is 17.6 Å². The summed E-state index contributed by atoms with van der Waals surface area (Å²) >= 11 is 0. The number of rotatable bonds is 3. The molecule has 1 aromatic carbocycles. The van der Waals surface area contributed by atoms with E-state index in [1.807, 2.05) is 11.5 Å². The SMILES string of the molecule is Cc1nccn1Cc1cc(-c2cc(F)cc(C(F)(F)F)c2)cnn1.Cl. The Morgan fingerprint density at radius 1 is 1.08 bits per heavy atom. The van der Waals surface area contributed by atoms with Crippen molar-refractivity contribution in [3.8, 4) is 11.1 Å². The number of halogens is 5. The Kier molecular flexibility index (Phi) is 5.42. The van der Waals surface area contributed by atoms with Gasteiger partial charge in [0.25, 0.3) is 0 Å². The number of benzene rings is 1. The molecule has 0 fully saturated rings. The normalized spacial score (nSPS) is 11.2. The molecule has 0 aliphatic carbocycles. The van der Waals surface area contributed by atoms with Gasteiger partial charge in [0, 0.05) is 18.0 Å². The molecule has 132 valence electrons. The van der Waals surface area contributed by atoms with Crippen molar-refractivity contribution in [2.24, 2.45) is 0 Å². The number of aryl methyl sites for hydroxylation is 1. The van der Waals surface area contributed by atoms with Crippen molar-refractivity contribution >= 4 is 12.4 Å². The smallest absolute Gasteiger partial charge is 0.329 e. The molecule has 0 N–H and O–H groups in total. The first-order valence-corrected chi connectivity index (χ1v) is 7.00. The van der Waals surface area contributed by atoms with E-state index in [1.54, 1.807) is 18.5 Å². The molecule has 0 saturated carbocycles. The zero-order chi connectivity index (χ0) is 17.3. The van der Waals surface area contributed by atoms with Crippen LogP contribution in [0.1, 0.15) is 17.1 Å². The van der Waals surface area contributed by atoms with Crippen LogP contribution >= 0.6 is 12.4 Å². The van der Waals surface area contributed by atoms with Crippen molar-refractivity contribution in [2.75, 3.05) is 0 Å². The van der Waals surface area contributed by atoms with E-state index in [0.717, 1.165) is 18.0 Å². The minimum absolute atomic E-state index is 0. The fourth-order valence-corrected chi connectivity index (χ4v) is 2.31. The molecule has 3 aromatic rings. The van der Waals surface area contributed by atoms with Gasteiger partial charge < -0.3 is 4.57 Å². The lowest BCUT2D eigenvalue weighted by molar-refractivity contribution is -0.137. The van der Waals surface area contributed by atoms with Crippen LogP contribution in [-0.4, -0.2) is 19.7 Å². The predicted octanol–water partition coefficient (Wildman–Crippen LogP) is 4.28. The zero-order valence-electron chi connectivity index (χ0n) is 13.0. The molecule has 0 spiro atoms. The molecule has 2 heterocycles. The van der Waals surface area contributed by atoms with Crippen molar-refractivity contribution in [1.29, 1.82) is 0 Å². The third-order valence-electron chi connectivity index (χ3n) is 3.52. The Morgan fingerprint density at radius 2 is 1.84 bits per heavy atom. The summed E-state index contributed by atoms with van der Waals surface area (Å²) in [6.07, 6.45) is 0.0790. The molecule has 4 nitrogen and oxygen atoms in total. The minimum atomic E-state index is -4.62. The molecule has 3 rings (SSSR count). The van der Waals surface area contributed by atoms with Gasteiger partial charge in [0.05, 0.1) is 24.0 Å². The Morgan fingerprint density at radius 3 is 2.48 bits per heavy atom. The van der Waals surface area contributed by atoms with Crippen LogP contribution in [0.3, 0.4) is 0 Å². The zero-order valence-corrected chi connectivity index (χ0v) is 13.8. The fraction of sp³-hybridized carbons (Fsp3) is 0.188. The first kappa shape index (κ1) is 18.9. The van der Waals surface area contributed by atoms with Gasteiger partial charge in [0.15, 0.2) is 0 Å². The van der Waals surface area contributed by atoms with Crippen LogP contribution in [0.4, 0.5) is 17.6 Å². The maximum absolute atomic E-state index is 13.6. The highest BCUT2D eigenvalue weighted by Gasteiger charge is 2.31. The van der Waals surface area contributed by atoms with Crippen LogP contribution in [0.2, 0.25) is 0 Å². The Hall–Kier alpha value is -2.48. The summed E-state index contributed by atoms with van der Waals surface area (Å²) in [6.45, 7) is 2.19. The monoisotopic (exact) mass is 372 g/mol. The maximum Gasteiger partial charge on any atom is 0.416 e. The number of hydrogen-bond donors (Lipinski definition) is 0. The molecule has 0 saturated heterocycles. The quantitative estimate of drug-likeness (QED) is 0.645. The average molecular weight is 373 g/mol. The summed E-state index contributed by atoms with van der Waals surface area (Å²) in [6, 6.07) is 3.99. The second-order valence-electron chi connectivity index (χ2n) is 5.26. The van der Waals surface area contributed by atoms with Gasteiger partial charge in [-0.1, -0.05) is 0 Å². The van der Waals surface area contributed by atoms with Crippen LogP contribution in [0, 0.1) is 12.7 Å². The Labute approximate surface area is 147 Å². The molecular formula is C16H13ClF4N4. The average Bonchev–Trinajstić information content (AvgIpc) is 2.91. The lowest BCUT2D eigenvalue weighted by Crippen LogP contribution is -2.06. The first-order valence-electron chi connectivity index (χ1n) is 7.00. The van der Waals surface area contributed by atoms with Gasteiger partial charge in [-0.2, -0.15) is 23.4 Å². The van der Waals surface area contributed by atoms with E-state index < -0.39 is 17.6 Å². The Balaban J connectivity index is 0.00000225. The summed E-state index contributed by atoms with van der Waals surface area (Å²) in [7, 11) is 0. The number of hydrogen-bond acceptors (Lipinski definition) is 3. The number of alkyl halides is 3. The first-order chi connectivity index (χ1) is 11.3. The maximum atomic E-state index is 13.6. The predicted molar refractivity (Wildman–Crippen MR) is 85.7 cm³/mol. The van der Waals surface area contributed by atoms with Crippen LogP contribution in [-0.2, 0) is 12.7 Å². The molecule has 9 heteroatoms. The Bertz CT molecular complexity index is 877. The van der Waals surface area contributed by atoms with Gasteiger partial charge in [-0.15, -0.1) is 12.4 Å². The second kappa shape index (κ2) is 7.18. The van der Waals surface area contributed by atoms with Crippen LogP contribution in [0.15, 0.2) is 42.9 Å². The lowest BCUT2D eigenvalue weighted by Gasteiger charge is -2.10. The second-order valence-corrected chi connectivity index (χ2v) is 5.26. The molecule has 0 bridgehead atoms. The fourth-order valence-electron chi connectivity index (χ4n) is 2.31. The summed E-state index contributed by atoms with van der Waals surface area (Å²) in [5.41, 5.74) is -0.0451. The molecule has 2 aromatic heterocycles. The van der Waals surface area contributed by atoms with Gasteiger partial charge in [0.1, 0.15) is 11.6 Å². The van der Waals surface area contributed by atoms with E-state index >= 15 is 0 Å². The highest BCUT2D eigenvalue weighted by molar-refractivity contribution is 5.85. The van der Waals surface area contributed by atoms with Crippen molar-refractivity contribution in [3.63, 3.8) is 0 Å². The minimum Gasteiger partial charge on any atom is -0.329 e. The molecule has 25 heavy (non-hydrogen) atoms. The summed E-state index contributed by atoms with van der Waals surface area (Å²) in [5.74, 6) is -0.184. The molecule has 0 radical (unpaired) electrons. The highest BCUT2D eigenvalue weighted by Crippen LogP contribution is 2.33. The van der Waals surface area contributed by atoms with Gasteiger partial charge in [-0.3, -0.25) is 0 Å². The van der Waals surface area contributed by atoms with E-state index in [4.69, 9.17) is 0 Å². The van der Waals surface area contributed by atoms with E-state index in [0.29, 0.717) is 23.9 Å². The molecule has 0 unspecified atom stereocenters.